The molecule has 0 radical (unpaired) electrons. The number of aromatic nitrogens is 1. The zero-order valence-electron chi connectivity index (χ0n) is 15.7. The summed E-state index contributed by atoms with van der Waals surface area (Å²) in [6.07, 6.45) is 3.85. The van der Waals surface area contributed by atoms with Gasteiger partial charge in [-0.1, -0.05) is 6.07 Å². The summed E-state index contributed by atoms with van der Waals surface area (Å²) in [5.74, 6) is 0.517. The molecule has 0 bridgehead atoms. The lowest BCUT2D eigenvalue weighted by atomic mass is 10.2. The number of carbonyl (C=O) groups is 1. The molecule has 29 heavy (non-hydrogen) atoms. The first-order chi connectivity index (χ1) is 13.0. The number of anilines is 2. The van der Waals surface area contributed by atoms with Crippen LogP contribution in [0.2, 0.25) is 0 Å². The van der Waals surface area contributed by atoms with Crippen molar-refractivity contribution in [3.05, 3.63) is 48.2 Å². The quantitative estimate of drug-likeness (QED) is 0.580. The Bertz CT molecular complexity index is 904. The van der Waals surface area contributed by atoms with E-state index in [1.54, 1.807) is 18.2 Å². The summed E-state index contributed by atoms with van der Waals surface area (Å²) in [6.45, 7) is 2.32. The molecule has 1 saturated heterocycles. The third kappa shape index (κ3) is 6.55. The van der Waals surface area contributed by atoms with E-state index < -0.39 is 10.0 Å². The van der Waals surface area contributed by atoms with E-state index in [1.807, 2.05) is 6.07 Å². The van der Waals surface area contributed by atoms with E-state index in [9.17, 15) is 13.2 Å². The summed E-state index contributed by atoms with van der Waals surface area (Å²) in [7, 11) is -3.66. The maximum Gasteiger partial charge on any atom is 0.257 e. The predicted molar refractivity (Wildman–Crippen MR) is 119 cm³/mol. The smallest absolute Gasteiger partial charge is 0.257 e. The van der Waals surface area contributed by atoms with E-state index in [1.165, 1.54) is 18.3 Å². The van der Waals surface area contributed by atoms with Crippen molar-refractivity contribution >= 4 is 52.2 Å². The summed E-state index contributed by atoms with van der Waals surface area (Å²) in [5.41, 5.74) is 6.13. The van der Waals surface area contributed by atoms with Crippen LogP contribution in [-0.2, 0) is 10.0 Å². The third-order valence-electron chi connectivity index (χ3n) is 4.28. The van der Waals surface area contributed by atoms with E-state index in [-0.39, 0.29) is 48.7 Å². The number of nitrogens with two attached hydrogens (primary N) is 1. The monoisotopic (exact) mass is 461 g/mol. The molecule has 160 valence electrons. The normalized spacial score (nSPS) is 13.3. The van der Waals surface area contributed by atoms with Gasteiger partial charge >= 0.3 is 0 Å². The SMILES string of the molecule is Cl.Cl.NCCNS(=O)(=O)c1cccc(NC(=O)c2ccc(N3CCCC3)nc2)c1. The molecule has 0 saturated carbocycles. The molecule has 1 aromatic carbocycles. The second-order valence-electron chi connectivity index (χ2n) is 6.27. The minimum absolute atomic E-state index is 0. The average molecular weight is 462 g/mol. The van der Waals surface area contributed by atoms with Crippen LogP contribution in [0.3, 0.4) is 0 Å². The van der Waals surface area contributed by atoms with Crippen molar-refractivity contribution in [2.24, 2.45) is 5.73 Å². The first kappa shape index (κ1) is 25.1. The fourth-order valence-corrected chi connectivity index (χ4v) is 3.97. The molecule has 1 fully saturated rings. The second kappa shape index (κ2) is 11.3. The standard InChI is InChI=1S/C18H23N5O3S.2ClH/c19-8-9-21-27(25,26)16-5-3-4-15(12-16)22-18(24)14-6-7-17(20-13-14)23-10-1-2-11-23;;/h3-7,12-13,21H,1-2,8-11,19H2,(H,22,24);2*1H. The highest BCUT2D eigenvalue weighted by atomic mass is 35.5. The van der Waals surface area contributed by atoms with Gasteiger partial charge in [0.25, 0.3) is 5.91 Å². The number of carbonyl (C=O) groups excluding carboxylic acids is 1. The Balaban J connectivity index is 0.00000210. The third-order valence-corrected chi connectivity index (χ3v) is 5.74. The first-order valence-corrected chi connectivity index (χ1v) is 10.3. The number of benzene rings is 1. The molecule has 1 aromatic heterocycles. The highest BCUT2D eigenvalue weighted by Crippen LogP contribution is 2.19. The molecule has 1 aliphatic rings. The predicted octanol–water partition coefficient (Wildman–Crippen LogP) is 2.01. The topological polar surface area (TPSA) is 117 Å². The van der Waals surface area contributed by atoms with E-state index in [0.29, 0.717) is 11.3 Å². The molecule has 11 heteroatoms. The molecule has 1 aliphatic heterocycles. The van der Waals surface area contributed by atoms with Crippen molar-refractivity contribution in [1.82, 2.24) is 9.71 Å². The van der Waals surface area contributed by atoms with E-state index in [2.05, 4.69) is 19.9 Å². The highest BCUT2D eigenvalue weighted by molar-refractivity contribution is 7.89. The van der Waals surface area contributed by atoms with Crippen LogP contribution >= 0.6 is 24.8 Å². The van der Waals surface area contributed by atoms with Crippen molar-refractivity contribution in [2.45, 2.75) is 17.7 Å². The number of sulfonamides is 1. The Morgan fingerprint density at radius 1 is 1.14 bits per heavy atom. The lowest BCUT2D eigenvalue weighted by Crippen LogP contribution is -2.29. The number of hydrogen-bond donors (Lipinski definition) is 3. The molecule has 8 nitrogen and oxygen atoms in total. The molecule has 1 amide bonds. The van der Waals surface area contributed by atoms with Crippen LogP contribution < -0.4 is 20.7 Å². The van der Waals surface area contributed by atoms with Crippen molar-refractivity contribution in [2.75, 3.05) is 36.4 Å². The van der Waals surface area contributed by atoms with Gasteiger partial charge in [0.15, 0.2) is 0 Å². The largest absolute Gasteiger partial charge is 0.357 e. The molecule has 4 N–H and O–H groups in total. The molecule has 0 aliphatic carbocycles. The van der Waals surface area contributed by atoms with Gasteiger partial charge in [0.05, 0.1) is 10.5 Å². The lowest BCUT2D eigenvalue weighted by molar-refractivity contribution is 0.102. The molecule has 0 unspecified atom stereocenters. The summed E-state index contributed by atoms with van der Waals surface area (Å²) >= 11 is 0. The van der Waals surface area contributed by atoms with Gasteiger partial charge in [-0.05, 0) is 43.2 Å². The summed E-state index contributed by atoms with van der Waals surface area (Å²) in [5, 5.41) is 2.71. The van der Waals surface area contributed by atoms with Crippen LogP contribution in [0.4, 0.5) is 11.5 Å². The van der Waals surface area contributed by atoms with Crippen molar-refractivity contribution in [3.63, 3.8) is 0 Å². The van der Waals surface area contributed by atoms with Crippen LogP contribution in [0, 0.1) is 0 Å². The maximum atomic E-state index is 12.4. The van der Waals surface area contributed by atoms with Crippen molar-refractivity contribution in [3.8, 4) is 0 Å². The lowest BCUT2D eigenvalue weighted by Gasteiger charge is -2.16. The van der Waals surface area contributed by atoms with Crippen molar-refractivity contribution in [1.29, 1.82) is 0 Å². The number of amides is 1. The first-order valence-electron chi connectivity index (χ1n) is 8.82. The van der Waals surface area contributed by atoms with Crippen LogP contribution in [0.1, 0.15) is 23.2 Å². The molecule has 2 heterocycles. The van der Waals surface area contributed by atoms with Gasteiger partial charge in [-0.25, -0.2) is 18.1 Å². The van der Waals surface area contributed by atoms with E-state index in [0.717, 1.165) is 31.7 Å². The fourth-order valence-electron chi connectivity index (χ4n) is 2.87. The molecule has 3 rings (SSSR count). The highest BCUT2D eigenvalue weighted by Gasteiger charge is 2.16. The Morgan fingerprint density at radius 3 is 2.48 bits per heavy atom. The van der Waals surface area contributed by atoms with Gasteiger partial charge in [0.2, 0.25) is 10.0 Å². The van der Waals surface area contributed by atoms with Crippen LogP contribution in [-0.4, -0.2) is 45.5 Å². The number of nitrogens with zero attached hydrogens (tertiary/aromatic N) is 2. The summed E-state index contributed by atoms with van der Waals surface area (Å²) in [4.78, 5) is 19.0. The van der Waals surface area contributed by atoms with Crippen LogP contribution in [0.5, 0.6) is 0 Å². The van der Waals surface area contributed by atoms with Crippen LogP contribution in [0.25, 0.3) is 0 Å². The number of rotatable bonds is 7. The van der Waals surface area contributed by atoms with E-state index in [4.69, 9.17) is 5.73 Å². The van der Waals surface area contributed by atoms with E-state index >= 15 is 0 Å². The second-order valence-corrected chi connectivity index (χ2v) is 8.03. The Morgan fingerprint density at radius 2 is 1.86 bits per heavy atom. The Kier molecular flexibility index (Phi) is 9.81. The van der Waals surface area contributed by atoms with Crippen LogP contribution in [0.15, 0.2) is 47.5 Å². The van der Waals surface area contributed by atoms with Gasteiger partial charge in [0.1, 0.15) is 5.82 Å². The number of halogens is 2. The van der Waals surface area contributed by atoms with Crippen molar-refractivity contribution < 1.29 is 13.2 Å². The number of hydrogen-bond acceptors (Lipinski definition) is 6. The molecule has 0 spiro atoms. The average Bonchev–Trinajstić information content (AvgIpc) is 3.21. The maximum absolute atomic E-state index is 12.4. The van der Waals surface area contributed by atoms with Gasteiger partial charge in [0, 0.05) is 38.1 Å². The van der Waals surface area contributed by atoms with Gasteiger partial charge < -0.3 is 16.0 Å². The minimum Gasteiger partial charge on any atom is -0.357 e. The van der Waals surface area contributed by atoms with Gasteiger partial charge in [-0.2, -0.15) is 0 Å². The van der Waals surface area contributed by atoms with Gasteiger partial charge in [-0.3, -0.25) is 4.79 Å². The fraction of sp³-hybridized carbons (Fsp3) is 0.333. The molecule has 2 aromatic rings. The number of pyridine rings is 1. The minimum atomic E-state index is -3.66. The Hall–Kier alpha value is -1.91. The molecule has 0 atom stereocenters. The summed E-state index contributed by atoms with van der Waals surface area (Å²) < 4.78 is 26.7. The zero-order chi connectivity index (χ0) is 19.3. The summed E-state index contributed by atoms with van der Waals surface area (Å²) in [6, 6.07) is 9.62. The zero-order valence-corrected chi connectivity index (χ0v) is 18.2. The molecular formula is C18H25Cl2N5O3S. The molecular weight excluding hydrogens is 437 g/mol. The Labute approximate surface area is 183 Å². The number of nitrogens with one attached hydrogen (secondary N) is 2. The van der Waals surface area contributed by atoms with Gasteiger partial charge in [-0.15, -0.1) is 24.8 Å².